The van der Waals surface area contributed by atoms with E-state index in [2.05, 4.69) is 37.9 Å². The van der Waals surface area contributed by atoms with Gasteiger partial charge in [-0.2, -0.15) is 0 Å². The van der Waals surface area contributed by atoms with Gasteiger partial charge in [0.15, 0.2) is 0 Å². The van der Waals surface area contributed by atoms with E-state index in [-0.39, 0.29) is 17.1 Å². The van der Waals surface area contributed by atoms with E-state index in [1.807, 2.05) is 4.90 Å². The van der Waals surface area contributed by atoms with E-state index in [1.54, 1.807) is 0 Å². The molecular formula is C15H29N3O2. The minimum Gasteiger partial charge on any atom is -0.367 e. The van der Waals surface area contributed by atoms with Gasteiger partial charge in [-0.1, -0.05) is 0 Å². The molecule has 0 aliphatic carbocycles. The molecule has 2 saturated heterocycles. The Kier molecular flexibility index (Phi) is 4.72. The molecule has 0 atom stereocenters. The van der Waals surface area contributed by atoms with Gasteiger partial charge in [-0.15, -0.1) is 0 Å². The number of rotatable bonds is 3. The van der Waals surface area contributed by atoms with Crippen LogP contribution in [-0.4, -0.2) is 72.7 Å². The fourth-order valence-electron chi connectivity index (χ4n) is 3.43. The molecule has 116 valence electrons. The summed E-state index contributed by atoms with van der Waals surface area (Å²) in [7, 11) is 0. The normalized spacial score (nSPS) is 26.5. The van der Waals surface area contributed by atoms with Crippen LogP contribution in [0.5, 0.6) is 0 Å². The quantitative estimate of drug-likeness (QED) is 0.828. The summed E-state index contributed by atoms with van der Waals surface area (Å²) < 4.78 is 6.07. The first-order chi connectivity index (χ1) is 9.27. The number of nitrogens with zero attached hydrogens (tertiary/aromatic N) is 2. The largest absolute Gasteiger partial charge is 0.367 e. The number of ether oxygens (including phenoxy) is 1. The lowest BCUT2D eigenvalue weighted by atomic mass is 9.99. The molecule has 0 saturated carbocycles. The molecule has 0 unspecified atom stereocenters. The maximum atomic E-state index is 12.2. The van der Waals surface area contributed by atoms with Gasteiger partial charge in [0.25, 0.3) is 0 Å². The van der Waals surface area contributed by atoms with E-state index in [0.29, 0.717) is 6.42 Å². The number of amides is 1. The molecule has 0 aromatic rings. The number of morpholine rings is 1. The molecule has 1 N–H and O–H groups in total. The van der Waals surface area contributed by atoms with Gasteiger partial charge in [-0.25, -0.2) is 0 Å². The van der Waals surface area contributed by atoms with Crippen LogP contribution in [0.4, 0.5) is 0 Å². The average Bonchev–Trinajstić information content (AvgIpc) is 2.33. The molecule has 2 aliphatic heterocycles. The van der Waals surface area contributed by atoms with Gasteiger partial charge < -0.3 is 15.0 Å². The van der Waals surface area contributed by atoms with E-state index < -0.39 is 0 Å². The Morgan fingerprint density at radius 2 is 1.65 bits per heavy atom. The van der Waals surface area contributed by atoms with Crippen molar-refractivity contribution in [2.75, 3.05) is 45.8 Å². The van der Waals surface area contributed by atoms with Gasteiger partial charge in [0, 0.05) is 52.2 Å². The van der Waals surface area contributed by atoms with Crippen molar-refractivity contribution >= 4 is 5.91 Å². The standard InChI is InChI=1S/C15H29N3O2/c1-14(2)11-17(12-15(3,4)20-14)8-5-13(19)18-9-6-16-7-10-18/h16H,5-12H2,1-4H3. The number of carbonyl (C=O) groups excluding carboxylic acids is 1. The average molecular weight is 283 g/mol. The summed E-state index contributed by atoms with van der Waals surface area (Å²) in [6.07, 6.45) is 0.617. The van der Waals surface area contributed by atoms with Crippen molar-refractivity contribution in [3.63, 3.8) is 0 Å². The highest BCUT2D eigenvalue weighted by atomic mass is 16.5. The van der Waals surface area contributed by atoms with Gasteiger partial charge >= 0.3 is 0 Å². The minimum absolute atomic E-state index is 0.139. The van der Waals surface area contributed by atoms with E-state index >= 15 is 0 Å². The summed E-state index contributed by atoms with van der Waals surface area (Å²) in [5.74, 6) is 0.286. The summed E-state index contributed by atoms with van der Waals surface area (Å²) in [5, 5.41) is 3.28. The third-order valence-corrected chi connectivity index (χ3v) is 3.87. The topological polar surface area (TPSA) is 44.8 Å². The second kappa shape index (κ2) is 6.00. The molecule has 5 heteroatoms. The molecule has 0 radical (unpaired) electrons. The molecule has 1 amide bonds. The zero-order valence-corrected chi connectivity index (χ0v) is 13.4. The Labute approximate surface area is 122 Å². The lowest BCUT2D eigenvalue weighted by Crippen LogP contribution is -2.57. The van der Waals surface area contributed by atoms with Crippen LogP contribution in [0.1, 0.15) is 34.1 Å². The lowest BCUT2D eigenvalue weighted by Gasteiger charge is -2.47. The Bertz CT molecular complexity index is 333. The van der Waals surface area contributed by atoms with E-state index in [9.17, 15) is 4.79 Å². The summed E-state index contributed by atoms with van der Waals surface area (Å²) in [6.45, 7) is 14.6. The van der Waals surface area contributed by atoms with Crippen LogP contribution in [-0.2, 0) is 9.53 Å². The van der Waals surface area contributed by atoms with Gasteiger partial charge in [0.1, 0.15) is 0 Å². The summed E-state index contributed by atoms with van der Waals surface area (Å²) in [6, 6.07) is 0. The lowest BCUT2D eigenvalue weighted by molar-refractivity contribution is -0.181. The highest BCUT2D eigenvalue weighted by Gasteiger charge is 2.38. The fourth-order valence-corrected chi connectivity index (χ4v) is 3.43. The molecule has 2 heterocycles. The Hall–Kier alpha value is -0.650. The van der Waals surface area contributed by atoms with Crippen molar-refractivity contribution in [3.8, 4) is 0 Å². The van der Waals surface area contributed by atoms with E-state index in [1.165, 1.54) is 0 Å². The third kappa shape index (κ3) is 4.43. The molecule has 20 heavy (non-hydrogen) atoms. The van der Waals surface area contributed by atoms with E-state index in [0.717, 1.165) is 45.8 Å². The SMILES string of the molecule is CC1(C)CN(CCC(=O)N2CCNCC2)CC(C)(C)O1. The number of nitrogens with one attached hydrogen (secondary N) is 1. The molecule has 0 aromatic heterocycles. The van der Waals surface area contributed by atoms with Crippen molar-refractivity contribution in [2.45, 2.75) is 45.3 Å². The van der Waals surface area contributed by atoms with Crippen molar-refractivity contribution in [1.29, 1.82) is 0 Å². The third-order valence-electron chi connectivity index (χ3n) is 3.87. The molecule has 0 bridgehead atoms. The zero-order valence-electron chi connectivity index (χ0n) is 13.4. The van der Waals surface area contributed by atoms with Crippen LogP contribution in [0.25, 0.3) is 0 Å². The zero-order chi connectivity index (χ0) is 14.8. The molecule has 2 aliphatic rings. The predicted octanol–water partition coefficient (Wildman–Crippen LogP) is 0.698. The maximum Gasteiger partial charge on any atom is 0.223 e. The highest BCUT2D eigenvalue weighted by molar-refractivity contribution is 5.76. The number of carbonyl (C=O) groups is 1. The highest BCUT2D eigenvalue weighted by Crippen LogP contribution is 2.27. The number of piperazine rings is 1. The van der Waals surface area contributed by atoms with Gasteiger partial charge in [0.05, 0.1) is 11.2 Å². The van der Waals surface area contributed by atoms with Crippen molar-refractivity contribution < 1.29 is 9.53 Å². The van der Waals surface area contributed by atoms with E-state index in [4.69, 9.17) is 4.74 Å². The smallest absolute Gasteiger partial charge is 0.223 e. The van der Waals surface area contributed by atoms with Crippen molar-refractivity contribution in [3.05, 3.63) is 0 Å². The minimum atomic E-state index is -0.139. The maximum absolute atomic E-state index is 12.2. The Morgan fingerprint density at radius 3 is 2.20 bits per heavy atom. The summed E-state index contributed by atoms with van der Waals surface area (Å²) in [4.78, 5) is 16.5. The summed E-state index contributed by atoms with van der Waals surface area (Å²) in [5.41, 5.74) is -0.278. The molecule has 5 nitrogen and oxygen atoms in total. The first kappa shape index (κ1) is 15.7. The first-order valence-corrected chi connectivity index (χ1v) is 7.68. The van der Waals surface area contributed by atoms with Crippen molar-refractivity contribution in [1.82, 2.24) is 15.1 Å². The molecule has 2 rings (SSSR count). The second-order valence-electron chi connectivity index (χ2n) is 7.21. The number of hydrogen-bond acceptors (Lipinski definition) is 4. The predicted molar refractivity (Wildman–Crippen MR) is 79.7 cm³/mol. The Morgan fingerprint density at radius 1 is 1.10 bits per heavy atom. The Balaban J connectivity index is 1.82. The number of hydrogen-bond donors (Lipinski definition) is 1. The fraction of sp³-hybridized carbons (Fsp3) is 0.933. The van der Waals surface area contributed by atoms with Gasteiger partial charge in [-0.05, 0) is 27.7 Å². The van der Waals surface area contributed by atoms with Crippen LogP contribution < -0.4 is 5.32 Å². The van der Waals surface area contributed by atoms with Crippen LogP contribution in [0, 0.1) is 0 Å². The van der Waals surface area contributed by atoms with Gasteiger partial charge in [-0.3, -0.25) is 9.69 Å². The second-order valence-corrected chi connectivity index (χ2v) is 7.21. The van der Waals surface area contributed by atoms with Gasteiger partial charge in [0.2, 0.25) is 5.91 Å². The van der Waals surface area contributed by atoms with Crippen LogP contribution in [0.2, 0.25) is 0 Å². The van der Waals surface area contributed by atoms with Crippen molar-refractivity contribution in [2.24, 2.45) is 0 Å². The van der Waals surface area contributed by atoms with Crippen LogP contribution in [0.3, 0.4) is 0 Å². The molecule has 0 spiro atoms. The molecular weight excluding hydrogens is 254 g/mol. The summed E-state index contributed by atoms with van der Waals surface area (Å²) >= 11 is 0. The monoisotopic (exact) mass is 283 g/mol. The first-order valence-electron chi connectivity index (χ1n) is 7.68. The molecule has 0 aromatic carbocycles. The van der Waals surface area contributed by atoms with Crippen LogP contribution in [0.15, 0.2) is 0 Å². The molecule has 2 fully saturated rings. The van der Waals surface area contributed by atoms with Crippen LogP contribution >= 0.6 is 0 Å².